The number of aliphatic hydroxyl groups excluding tert-OH is 1. The lowest BCUT2D eigenvalue weighted by molar-refractivity contribution is -0.128. The standard InChI is InChI=1S/C5H10N2O3/c1-4(8)2-6-7-3-5(9)10/h3-4,6,8H,2H2,1H3,(H,9,10)/b7-3+. The van der Waals surface area contributed by atoms with E-state index in [2.05, 4.69) is 10.5 Å². The second kappa shape index (κ2) is 4.75. The topological polar surface area (TPSA) is 81.9 Å². The molecule has 0 aliphatic heterocycles. The van der Waals surface area contributed by atoms with Crippen LogP contribution >= 0.6 is 0 Å². The summed E-state index contributed by atoms with van der Waals surface area (Å²) in [6, 6.07) is 0. The summed E-state index contributed by atoms with van der Waals surface area (Å²) in [4.78, 5) is 9.79. The summed E-state index contributed by atoms with van der Waals surface area (Å²) >= 11 is 0. The summed E-state index contributed by atoms with van der Waals surface area (Å²) in [5.74, 6) is -1.11. The van der Waals surface area contributed by atoms with Gasteiger partial charge in [0, 0.05) is 0 Å². The Morgan fingerprint density at radius 2 is 2.50 bits per heavy atom. The van der Waals surface area contributed by atoms with E-state index in [9.17, 15) is 4.79 Å². The second-order valence-electron chi connectivity index (χ2n) is 1.81. The predicted octanol–water partition coefficient (Wildman–Crippen LogP) is -0.973. The van der Waals surface area contributed by atoms with Crippen molar-refractivity contribution in [1.29, 1.82) is 0 Å². The minimum atomic E-state index is -1.11. The smallest absolute Gasteiger partial charge is 0.348 e. The van der Waals surface area contributed by atoms with Crippen LogP contribution in [0.2, 0.25) is 0 Å². The molecule has 1 unspecified atom stereocenters. The van der Waals surface area contributed by atoms with Crippen LogP contribution in [0.3, 0.4) is 0 Å². The summed E-state index contributed by atoms with van der Waals surface area (Å²) in [6.45, 7) is 1.83. The van der Waals surface area contributed by atoms with Crippen molar-refractivity contribution < 1.29 is 15.0 Å². The molecule has 0 saturated carbocycles. The van der Waals surface area contributed by atoms with E-state index in [0.29, 0.717) is 0 Å². The average Bonchev–Trinajstić information content (AvgIpc) is 1.79. The number of hydrogen-bond donors (Lipinski definition) is 3. The minimum Gasteiger partial charge on any atom is -0.477 e. The number of rotatable bonds is 4. The van der Waals surface area contributed by atoms with E-state index in [1.165, 1.54) is 0 Å². The van der Waals surface area contributed by atoms with Gasteiger partial charge in [0.25, 0.3) is 0 Å². The highest BCUT2D eigenvalue weighted by molar-refractivity contribution is 6.21. The van der Waals surface area contributed by atoms with Gasteiger partial charge in [-0.1, -0.05) is 0 Å². The van der Waals surface area contributed by atoms with Crippen LogP contribution in [0.1, 0.15) is 6.92 Å². The first kappa shape index (κ1) is 8.90. The van der Waals surface area contributed by atoms with Crippen LogP contribution in [-0.4, -0.2) is 35.0 Å². The normalized spacial score (nSPS) is 13.4. The molecule has 0 amide bonds. The Kier molecular flexibility index (Phi) is 4.23. The predicted molar refractivity (Wildman–Crippen MR) is 35.8 cm³/mol. The summed E-state index contributed by atoms with van der Waals surface area (Å²) in [5.41, 5.74) is 2.35. The van der Waals surface area contributed by atoms with E-state index < -0.39 is 12.1 Å². The monoisotopic (exact) mass is 146 g/mol. The van der Waals surface area contributed by atoms with Gasteiger partial charge < -0.3 is 15.6 Å². The molecule has 0 spiro atoms. The van der Waals surface area contributed by atoms with Gasteiger partial charge in [0.1, 0.15) is 6.21 Å². The molecule has 0 aromatic heterocycles. The average molecular weight is 146 g/mol. The van der Waals surface area contributed by atoms with Crippen molar-refractivity contribution in [1.82, 2.24) is 5.43 Å². The zero-order valence-corrected chi connectivity index (χ0v) is 5.61. The first-order chi connectivity index (χ1) is 4.63. The molecule has 58 valence electrons. The Morgan fingerprint density at radius 1 is 1.90 bits per heavy atom. The molecule has 1 atom stereocenters. The molecule has 3 N–H and O–H groups in total. The zero-order valence-electron chi connectivity index (χ0n) is 5.61. The maximum absolute atomic E-state index is 9.79. The second-order valence-corrected chi connectivity index (χ2v) is 1.81. The molecular weight excluding hydrogens is 136 g/mol. The van der Waals surface area contributed by atoms with Gasteiger partial charge in [-0.2, -0.15) is 5.10 Å². The van der Waals surface area contributed by atoms with E-state index in [0.717, 1.165) is 6.21 Å². The van der Waals surface area contributed by atoms with Crippen molar-refractivity contribution in [3.05, 3.63) is 0 Å². The third-order valence-corrected chi connectivity index (χ3v) is 0.653. The van der Waals surface area contributed by atoms with Crippen LogP contribution in [0, 0.1) is 0 Å². The van der Waals surface area contributed by atoms with Crippen molar-refractivity contribution >= 4 is 12.2 Å². The molecule has 0 bridgehead atoms. The van der Waals surface area contributed by atoms with Gasteiger partial charge in [-0.3, -0.25) is 0 Å². The van der Waals surface area contributed by atoms with Crippen molar-refractivity contribution in [2.75, 3.05) is 6.54 Å². The molecule has 0 radical (unpaired) electrons. The number of nitrogens with zero attached hydrogens (tertiary/aromatic N) is 1. The molecule has 0 aliphatic carbocycles. The van der Waals surface area contributed by atoms with Crippen molar-refractivity contribution in [2.45, 2.75) is 13.0 Å². The van der Waals surface area contributed by atoms with E-state index in [4.69, 9.17) is 10.2 Å². The lowest BCUT2D eigenvalue weighted by Gasteiger charge is -2.00. The van der Waals surface area contributed by atoms with Gasteiger partial charge in [-0.05, 0) is 6.92 Å². The Morgan fingerprint density at radius 3 is 2.90 bits per heavy atom. The van der Waals surface area contributed by atoms with Gasteiger partial charge in [-0.15, -0.1) is 0 Å². The molecule has 10 heavy (non-hydrogen) atoms. The number of hydrazone groups is 1. The van der Waals surface area contributed by atoms with Crippen LogP contribution in [0.25, 0.3) is 0 Å². The molecule has 0 aliphatic rings. The maximum Gasteiger partial charge on any atom is 0.348 e. The number of nitrogens with one attached hydrogen (secondary N) is 1. The zero-order chi connectivity index (χ0) is 7.98. The summed E-state index contributed by atoms with van der Waals surface area (Å²) in [6.07, 6.45) is 0.202. The van der Waals surface area contributed by atoms with Crippen molar-refractivity contribution in [3.63, 3.8) is 0 Å². The molecule has 0 saturated heterocycles. The fraction of sp³-hybridized carbons (Fsp3) is 0.600. The number of hydrogen-bond acceptors (Lipinski definition) is 4. The quantitative estimate of drug-likeness (QED) is 0.352. The molecule has 0 aromatic carbocycles. The van der Waals surface area contributed by atoms with E-state index in [-0.39, 0.29) is 6.54 Å². The maximum atomic E-state index is 9.79. The Balaban J connectivity index is 3.27. The van der Waals surface area contributed by atoms with Crippen LogP contribution in [-0.2, 0) is 4.79 Å². The number of carboxylic acids is 1. The molecule has 0 fully saturated rings. The van der Waals surface area contributed by atoms with E-state index in [1.54, 1.807) is 6.92 Å². The van der Waals surface area contributed by atoms with Crippen molar-refractivity contribution in [2.24, 2.45) is 5.10 Å². The Labute approximate surface area is 58.4 Å². The summed E-state index contributed by atoms with van der Waals surface area (Å²) in [7, 11) is 0. The first-order valence-electron chi connectivity index (χ1n) is 2.80. The number of aliphatic hydroxyl groups is 1. The van der Waals surface area contributed by atoms with Gasteiger partial charge in [0.2, 0.25) is 0 Å². The Hall–Kier alpha value is -1.10. The number of carboxylic acid groups (broad SMARTS) is 1. The van der Waals surface area contributed by atoms with E-state index >= 15 is 0 Å². The molecule has 0 heterocycles. The van der Waals surface area contributed by atoms with Gasteiger partial charge in [0.05, 0.1) is 12.6 Å². The van der Waals surface area contributed by atoms with Crippen LogP contribution < -0.4 is 5.43 Å². The van der Waals surface area contributed by atoms with Crippen LogP contribution in [0.15, 0.2) is 5.10 Å². The highest BCUT2D eigenvalue weighted by atomic mass is 16.4. The van der Waals surface area contributed by atoms with Crippen LogP contribution in [0.4, 0.5) is 0 Å². The molecule has 0 aromatic rings. The third kappa shape index (κ3) is 6.90. The number of carbonyl (C=O) groups is 1. The molecule has 5 nitrogen and oxygen atoms in total. The largest absolute Gasteiger partial charge is 0.477 e. The molecular formula is C5H10N2O3. The fourth-order valence-electron chi connectivity index (χ4n) is 0.286. The van der Waals surface area contributed by atoms with Gasteiger partial charge in [-0.25, -0.2) is 4.79 Å². The third-order valence-electron chi connectivity index (χ3n) is 0.653. The highest BCUT2D eigenvalue weighted by Gasteiger charge is 1.90. The molecule has 5 heteroatoms. The lowest BCUT2D eigenvalue weighted by Crippen LogP contribution is -2.20. The van der Waals surface area contributed by atoms with Gasteiger partial charge in [0.15, 0.2) is 0 Å². The molecule has 0 rings (SSSR count). The Bertz CT molecular complexity index is 133. The SMILES string of the molecule is CC(O)CN/N=C/C(=O)O. The summed E-state index contributed by atoms with van der Waals surface area (Å²) < 4.78 is 0. The first-order valence-corrected chi connectivity index (χ1v) is 2.80. The fourth-order valence-corrected chi connectivity index (χ4v) is 0.286. The minimum absolute atomic E-state index is 0.254. The van der Waals surface area contributed by atoms with E-state index in [1.807, 2.05) is 0 Å². The highest BCUT2D eigenvalue weighted by Crippen LogP contribution is 1.72. The number of aliphatic carboxylic acids is 1. The van der Waals surface area contributed by atoms with Crippen molar-refractivity contribution in [3.8, 4) is 0 Å². The summed E-state index contributed by atoms with van der Waals surface area (Å²) in [5, 5.41) is 19.9. The lowest BCUT2D eigenvalue weighted by atomic mass is 10.4. The van der Waals surface area contributed by atoms with Gasteiger partial charge >= 0.3 is 5.97 Å². The van der Waals surface area contributed by atoms with Crippen LogP contribution in [0.5, 0.6) is 0 Å².